The van der Waals surface area contributed by atoms with Crippen molar-refractivity contribution in [1.82, 2.24) is 10.3 Å². The maximum atomic E-state index is 6.02. The van der Waals surface area contributed by atoms with E-state index in [1.807, 2.05) is 30.3 Å². The van der Waals surface area contributed by atoms with E-state index in [2.05, 4.69) is 17.2 Å². The van der Waals surface area contributed by atoms with Gasteiger partial charge in [-0.15, -0.1) is 0 Å². The van der Waals surface area contributed by atoms with Crippen LogP contribution in [-0.2, 0) is 0 Å². The van der Waals surface area contributed by atoms with E-state index in [0.717, 1.165) is 24.0 Å². The highest BCUT2D eigenvalue weighted by atomic mass is 16.5. The quantitative estimate of drug-likeness (QED) is 0.896. The molecule has 4 nitrogen and oxygen atoms in total. The molecule has 1 aromatic carbocycles. The number of fused-ring (bicyclic) bond motifs is 1. The first kappa shape index (κ1) is 11.3. The summed E-state index contributed by atoms with van der Waals surface area (Å²) in [6.07, 6.45) is 0. The molecular weight excluding hydrogens is 228 g/mol. The lowest BCUT2D eigenvalue weighted by molar-refractivity contribution is 0.0319. The molecule has 3 rings (SSSR count). The van der Waals surface area contributed by atoms with Crippen molar-refractivity contribution in [3.63, 3.8) is 0 Å². The van der Waals surface area contributed by atoms with E-state index in [0.29, 0.717) is 11.6 Å². The third kappa shape index (κ3) is 1.88. The summed E-state index contributed by atoms with van der Waals surface area (Å²) in [4.78, 5) is 4.47. The van der Waals surface area contributed by atoms with Crippen LogP contribution >= 0.6 is 0 Å². The average molecular weight is 244 g/mol. The highest BCUT2D eigenvalue weighted by molar-refractivity contribution is 5.81. The number of para-hydroxylation sites is 1. The van der Waals surface area contributed by atoms with Gasteiger partial charge < -0.3 is 14.8 Å². The zero-order chi connectivity index (χ0) is 12.6. The molecule has 0 atom stereocenters. The minimum atomic E-state index is -0.155. The highest BCUT2D eigenvalue weighted by Gasteiger charge is 2.34. The molecule has 2 aromatic rings. The van der Waals surface area contributed by atoms with Crippen molar-refractivity contribution in [2.75, 3.05) is 20.2 Å². The van der Waals surface area contributed by atoms with Crippen LogP contribution in [0, 0.1) is 0 Å². The van der Waals surface area contributed by atoms with Crippen molar-refractivity contribution >= 4 is 10.9 Å². The molecule has 0 amide bonds. The van der Waals surface area contributed by atoms with Crippen molar-refractivity contribution in [1.29, 1.82) is 0 Å². The Balaban J connectivity index is 2.03. The molecule has 0 spiro atoms. The fourth-order valence-electron chi connectivity index (χ4n) is 2.11. The zero-order valence-electron chi connectivity index (χ0n) is 10.6. The van der Waals surface area contributed by atoms with Gasteiger partial charge in [0.2, 0.25) is 0 Å². The van der Waals surface area contributed by atoms with E-state index in [1.165, 1.54) is 0 Å². The molecule has 0 unspecified atom stereocenters. The number of benzene rings is 1. The van der Waals surface area contributed by atoms with Crippen LogP contribution in [0.1, 0.15) is 6.92 Å². The van der Waals surface area contributed by atoms with Crippen LogP contribution in [0.5, 0.6) is 11.6 Å². The number of rotatable bonds is 3. The Morgan fingerprint density at radius 3 is 2.72 bits per heavy atom. The first-order valence-corrected chi connectivity index (χ1v) is 6.04. The Bertz CT molecular complexity index is 579. The number of nitrogens with one attached hydrogen (secondary N) is 1. The Labute approximate surface area is 106 Å². The molecule has 0 saturated carbocycles. The maximum absolute atomic E-state index is 6.02. The standard InChI is InChI=1S/C14H16N2O2/c1-14(8-15-9-14)18-12-7-10-5-3-4-6-11(10)16-13(12)17-2/h3-7,15H,8-9H2,1-2H3. The molecule has 1 N–H and O–H groups in total. The van der Waals surface area contributed by atoms with Crippen LogP contribution in [0.2, 0.25) is 0 Å². The zero-order valence-corrected chi connectivity index (χ0v) is 10.6. The number of nitrogens with zero attached hydrogens (tertiary/aromatic N) is 1. The molecule has 0 radical (unpaired) electrons. The van der Waals surface area contributed by atoms with Gasteiger partial charge in [-0.2, -0.15) is 0 Å². The lowest BCUT2D eigenvalue weighted by Crippen LogP contribution is -2.61. The molecule has 0 bridgehead atoms. The summed E-state index contributed by atoms with van der Waals surface area (Å²) in [7, 11) is 1.62. The van der Waals surface area contributed by atoms with Gasteiger partial charge in [0.25, 0.3) is 5.88 Å². The summed E-state index contributed by atoms with van der Waals surface area (Å²) in [6.45, 7) is 3.78. The van der Waals surface area contributed by atoms with Gasteiger partial charge in [0, 0.05) is 18.5 Å². The van der Waals surface area contributed by atoms with Gasteiger partial charge >= 0.3 is 0 Å². The van der Waals surface area contributed by atoms with Crippen molar-refractivity contribution in [3.8, 4) is 11.6 Å². The second-order valence-electron chi connectivity index (χ2n) is 4.84. The van der Waals surface area contributed by atoms with Crippen molar-refractivity contribution in [3.05, 3.63) is 30.3 Å². The van der Waals surface area contributed by atoms with Gasteiger partial charge in [0.05, 0.1) is 12.6 Å². The van der Waals surface area contributed by atoms with E-state index < -0.39 is 0 Å². The second-order valence-corrected chi connectivity index (χ2v) is 4.84. The second kappa shape index (κ2) is 4.14. The van der Waals surface area contributed by atoms with Gasteiger partial charge in [0.15, 0.2) is 5.75 Å². The molecule has 1 aliphatic rings. The third-order valence-corrected chi connectivity index (χ3v) is 3.20. The summed E-state index contributed by atoms with van der Waals surface area (Å²) in [5.74, 6) is 1.25. The Kier molecular flexibility index (Phi) is 2.59. The average Bonchev–Trinajstić information content (AvgIpc) is 2.36. The maximum Gasteiger partial charge on any atom is 0.257 e. The van der Waals surface area contributed by atoms with Crippen molar-refractivity contribution in [2.24, 2.45) is 0 Å². The van der Waals surface area contributed by atoms with Crippen molar-refractivity contribution in [2.45, 2.75) is 12.5 Å². The van der Waals surface area contributed by atoms with Crippen LogP contribution < -0.4 is 14.8 Å². The van der Waals surface area contributed by atoms with Gasteiger partial charge in [0.1, 0.15) is 5.60 Å². The Morgan fingerprint density at radius 1 is 1.28 bits per heavy atom. The van der Waals surface area contributed by atoms with Gasteiger partial charge in [-0.3, -0.25) is 0 Å². The normalized spacial score (nSPS) is 17.2. The van der Waals surface area contributed by atoms with Crippen LogP contribution in [0.3, 0.4) is 0 Å². The lowest BCUT2D eigenvalue weighted by Gasteiger charge is -2.39. The fourth-order valence-corrected chi connectivity index (χ4v) is 2.11. The Morgan fingerprint density at radius 2 is 2.06 bits per heavy atom. The van der Waals surface area contributed by atoms with E-state index in [1.54, 1.807) is 7.11 Å². The summed E-state index contributed by atoms with van der Waals surface area (Å²) < 4.78 is 11.3. The molecule has 1 aliphatic heterocycles. The smallest absolute Gasteiger partial charge is 0.257 e. The SMILES string of the molecule is COc1nc2ccccc2cc1OC1(C)CNC1. The van der Waals surface area contributed by atoms with Crippen LogP contribution in [-0.4, -0.2) is 30.8 Å². The van der Waals surface area contributed by atoms with Crippen LogP contribution in [0.4, 0.5) is 0 Å². The van der Waals surface area contributed by atoms with E-state index in [9.17, 15) is 0 Å². The van der Waals surface area contributed by atoms with Gasteiger partial charge in [-0.1, -0.05) is 18.2 Å². The molecule has 4 heteroatoms. The van der Waals surface area contributed by atoms with E-state index in [4.69, 9.17) is 9.47 Å². The summed E-state index contributed by atoms with van der Waals surface area (Å²) in [5, 5.41) is 4.27. The fraction of sp³-hybridized carbons (Fsp3) is 0.357. The number of hydrogen-bond acceptors (Lipinski definition) is 4. The molecule has 0 aliphatic carbocycles. The molecule has 1 saturated heterocycles. The van der Waals surface area contributed by atoms with Gasteiger partial charge in [-0.05, 0) is 19.1 Å². The molecule has 18 heavy (non-hydrogen) atoms. The molecule has 1 aromatic heterocycles. The number of ether oxygens (including phenoxy) is 2. The summed E-state index contributed by atoms with van der Waals surface area (Å²) in [6, 6.07) is 9.94. The van der Waals surface area contributed by atoms with Crippen LogP contribution in [0.25, 0.3) is 10.9 Å². The van der Waals surface area contributed by atoms with E-state index in [-0.39, 0.29) is 5.60 Å². The minimum absolute atomic E-state index is 0.155. The minimum Gasteiger partial charge on any atom is -0.479 e. The first-order chi connectivity index (χ1) is 8.70. The number of hydrogen-bond donors (Lipinski definition) is 1. The monoisotopic (exact) mass is 244 g/mol. The highest BCUT2D eigenvalue weighted by Crippen LogP contribution is 2.32. The van der Waals surface area contributed by atoms with Crippen LogP contribution in [0.15, 0.2) is 30.3 Å². The number of aromatic nitrogens is 1. The summed E-state index contributed by atoms with van der Waals surface area (Å²) >= 11 is 0. The number of methoxy groups -OCH3 is 1. The molecule has 94 valence electrons. The molecule has 2 heterocycles. The van der Waals surface area contributed by atoms with Gasteiger partial charge in [-0.25, -0.2) is 4.98 Å². The number of pyridine rings is 1. The third-order valence-electron chi connectivity index (χ3n) is 3.20. The first-order valence-electron chi connectivity index (χ1n) is 6.04. The van der Waals surface area contributed by atoms with Crippen molar-refractivity contribution < 1.29 is 9.47 Å². The summed E-state index contributed by atoms with van der Waals surface area (Å²) in [5.41, 5.74) is 0.760. The molecular formula is C14H16N2O2. The topological polar surface area (TPSA) is 43.4 Å². The predicted molar refractivity (Wildman–Crippen MR) is 70.2 cm³/mol. The predicted octanol–water partition coefficient (Wildman–Crippen LogP) is 1.98. The molecule has 1 fully saturated rings. The lowest BCUT2D eigenvalue weighted by atomic mass is 10.00. The largest absolute Gasteiger partial charge is 0.479 e. The Hall–Kier alpha value is -1.81. The van der Waals surface area contributed by atoms with E-state index >= 15 is 0 Å².